The van der Waals surface area contributed by atoms with E-state index < -0.39 is 0 Å². The fourth-order valence-electron chi connectivity index (χ4n) is 3.48. The molecule has 1 fully saturated rings. The first-order valence-corrected chi connectivity index (χ1v) is 8.72. The van der Waals surface area contributed by atoms with Gasteiger partial charge in [0, 0.05) is 25.4 Å². The van der Waals surface area contributed by atoms with Crippen molar-refractivity contribution in [2.24, 2.45) is 0 Å². The Morgan fingerprint density at radius 1 is 0.870 bits per heavy atom. The first kappa shape index (κ1) is 15.8. The van der Waals surface area contributed by atoms with Crippen molar-refractivity contribution in [1.82, 2.24) is 4.90 Å². The van der Waals surface area contributed by atoms with E-state index in [-0.39, 0.29) is 0 Å². The highest BCUT2D eigenvalue weighted by Gasteiger charge is 2.19. The van der Waals surface area contributed by atoms with E-state index in [4.69, 9.17) is 0 Å². The van der Waals surface area contributed by atoms with E-state index in [0.29, 0.717) is 11.8 Å². The number of amides is 1. The van der Waals surface area contributed by atoms with Crippen LogP contribution < -0.4 is 0 Å². The molecule has 1 heterocycles. The predicted octanol–water partition coefficient (Wildman–Crippen LogP) is 4.61. The minimum Gasteiger partial charge on any atom is -0.343 e. The highest BCUT2D eigenvalue weighted by molar-refractivity contribution is 5.76. The minimum absolute atomic E-state index is 0.340. The monoisotopic (exact) mass is 307 g/mol. The fraction of sp³-hybridized carbons (Fsp3) is 0.381. The molecule has 2 aromatic carbocycles. The lowest BCUT2D eigenvalue weighted by Gasteiger charge is -2.27. The molecule has 0 bridgehead atoms. The highest BCUT2D eigenvalue weighted by Crippen LogP contribution is 2.29. The maximum absolute atomic E-state index is 11.9. The largest absolute Gasteiger partial charge is 0.343 e. The van der Waals surface area contributed by atoms with Gasteiger partial charge >= 0.3 is 0 Å². The molecule has 1 saturated heterocycles. The van der Waals surface area contributed by atoms with E-state index in [1.54, 1.807) is 0 Å². The van der Waals surface area contributed by atoms with Crippen LogP contribution in [0.1, 0.15) is 49.1 Å². The smallest absolute Gasteiger partial charge is 0.222 e. The molecule has 0 N–H and O–H groups in total. The maximum atomic E-state index is 11.9. The van der Waals surface area contributed by atoms with Crippen LogP contribution in [0.3, 0.4) is 0 Å². The summed E-state index contributed by atoms with van der Waals surface area (Å²) in [6.07, 6.45) is 5.09. The standard InChI is InChI=1S/C21H25NO/c23-21-15-7-8-16-22(21)17-9-14-20(18-10-3-1-4-11-18)19-12-5-2-6-13-19/h1-6,10-13,20H,7-9,14-17H2. The summed E-state index contributed by atoms with van der Waals surface area (Å²) in [5, 5.41) is 0. The Morgan fingerprint density at radius 3 is 2.04 bits per heavy atom. The third kappa shape index (κ3) is 4.22. The second-order valence-electron chi connectivity index (χ2n) is 6.35. The number of carbonyl (C=O) groups is 1. The first-order chi connectivity index (χ1) is 11.3. The molecule has 0 spiro atoms. The van der Waals surface area contributed by atoms with Gasteiger partial charge in [-0.2, -0.15) is 0 Å². The molecule has 0 aliphatic carbocycles. The summed E-state index contributed by atoms with van der Waals surface area (Å²) in [4.78, 5) is 14.0. The third-order valence-electron chi connectivity index (χ3n) is 4.75. The van der Waals surface area contributed by atoms with Gasteiger partial charge in [0.15, 0.2) is 0 Å². The number of nitrogens with zero attached hydrogens (tertiary/aromatic N) is 1. The first-order valence-electron chi connectivity index (χ1n) is 8.72. The van der Waals surface area contributed by atoms with Crippen molar-refractivity contribution in [3.8, 4) is 0 Å². The summed E-state index contributed by atoms with van der Waals surface area (Å²) in [6, 6.07) is 21.4. The predicted molar refractivity (Wildman–Crippen MR) is 94.4 cm³/mol. The number of hydrogen-bond acceptors (Lipinski definition) is 1. The van der Waals surface area contributed by atoms with Crippen LogP contribution in [0.4, 0.5) is 0 Å². The van der Waals surface area contributed by atoms with Crippen LogP contribution in [-0.2, 0) is 4.79 Å². The van der Waals surface area contributed by atoms with Crippen LogP contribution in [-0.4, -0.2) is 23.9 Å². The van der Waals surface area contributed by atoms with E-state index in [1.165, 1.54) is 11.1 Å². The maximum Gasteiger partial charge on any atom is 0.222 e. The van der Waals surface area contributed by atoms with Gasteiger partial charge in [-0.05, 0) is 36.8 Å². The minimum atomic E-state index is 0.340. The Labute approximate surface area is 139 Å². The molecule has 2 heteroatoms. The second kappa shape index (κ2) is 7.96. The normalized spacial score (nSPS) is 15.2. The molecule has 3 rings (SSSR count). The summed E-state index contributed by atoms with van der Waals surface area (Å²) in [6.45, 7) is 1.84. The lowest BCUT2D eigenvalue weighted by Crippen LogP contribution is -2.36. The topological polar surface area (TPSA) is 20.3 Å². The molecule has 0 saturated carbocycles. The molecule has 1 aliphatic heterocycles. The zero-order valence-electron chi connectivity index (χ0n) is 13.7. The summed E-state index contributed by atoms with van der Waals surface area (Å²) in [5.74, 6) is 0.754. The number of carbonyl (C=O) groups excluding carboxylic acids is 1. The second-order valence-corrected chi connectivity index (χ2v) is 6.35. The van der Waals surface area contributed by atoms with Gasteiger partial charge in [-0.15, -0.1) is 0 Å². The van der Waals surface area contributed by atoms with Gasteiger partial charge in [0.1, 0.15) is 0 Å². The van der Waals surface area contributed by atoms with E-state index in [0.717, 1.165) is 45.2 Å². The molecule has 0 atom stereocenters. The van der Waals surface area contributed by atoms with Crippen molar-refractivity contribution in [1.29, 1.82) is 0 Å². The van der Waals surface area contributed by atoms with E-state index in [2.05, 4.69) is 65.6 Å². The van der Waals surface area contributed by atoms with Crippen molar-refractivity contribution in [3.63, 3.8) is 0 Å². The SMILES string of the molecule is O=C1CCCCN1CCCC(c1ccccc1)c1ccccc1. The van der Waals surface area contributed by atoms with Gasteiger partial charge < -0.3 is 4.90 Å². The van der Waals surface area contributed by atoms with Gasteiger partial charge in [-0.25, -0.2) is 0 Å². The van der Waals surface area contributed by atoms with Crippen molar-refractivity contribution in [2.45, 2.75) is 38.0 Å². The molecule has 2 aromatic rings. The van der Waals surface area contributed by atoms with Crippen LogP contribution in [0.25, 0.3) is 0 Å². The van der Waals surface area contributed by atoms with Gasteiger partial charge in [-0.1, -0.05) is 60.7 Å². The van der Waals surface area contributed by atoms with Crippen molar-refractivity contribution < 1.29 is 4.79 Å². The number of rotatable bonds is 6. The number of likely N-dealkylation sites (tertiary alicyclic amines) is 1. The lowest BCUT2D eigenvalue weighted by molar-refractivity contribution is -0.133. The molecule has 120 valence electrons. The van der Waals surface area contributed by atoms with Gasteiger partial charge in [0.05, 0.1) is 0 Å². The fourth-order valence-corrected chi connectivity index (χ4v) is 3.48. The zero-order chi connectivity index (χ0) is 15.9. The number of piperidine rings is 1. The van der Waals surface area contributed by atoms with Crippen molar-refractivity contribution >= 4 is 5.91 Å². The Kier molecular flexibility index (Phi) is 5.46. The molecule has 1 amide bonds. The Morgan fingerprint density at radius 2 is 1.48 bits per heavy atom. The van der Waals surface area contributed by atoms with Crippen LogP contribution >= 0.6 is 0 Å². The average molecular weight is 307 g/mol. The number of benzene rings is 2. The Hall–Kier alpha value is -2.09. The van der Waals surface area contributed by atoms with Crippen LogP contribution in [0, 0.1) is 0 Å². The quantitative estimate of drug-likeness (QED) is 0.763. The van der Waals surface area contributed by atoms with Crippen LogP contribution in [0.15, 0.2) is 60.7 Å². The summed E-state index contributed by atoms with van der Waals surface area (Å²) in [7, 11) is 0. The Balaban J connectivity index is 1.66. The lowest BCUT2D eigenvalue weighted by atomic mass is 9.87. The van der Waals surface area contributed by atoms with E-state index >= 15 is 0 Å². The zero-order valence-corrected chi connectivity index (χ0v) is 13.7. The molecule has 23 heavy (non-hydrogen) atoms. The van der Waals surface area contributed by atoms with Crippen LogP contribution in [0.5, 0.6) is 0 Å². The van der Waals surface area contributed by atoms with Crippen molar-refractivity contribution in [2.75, 3.05) is 13.1 Å². The summed E-state index contributed by atoms with van der Waals surface area (Å²) in [5.41, 5.74) is 2.73. The van der Waals surface area contributed by atoms with Gasteiger partial charge in [-0.3, -0.25) is 4.79 Å². The van der Waals surface area contributed by atoms with Gasteiger partial charge in [0.2, 0.25) is 5.91 Å². The van der Waals surface area contributed by atoms with E-state index in [9.17, 15) is 4.79 Å². The molecule has 0 aromatic heterocycles. The summed E-state index contributed by atoms with van der Waals surface area (Å²) < 4.78 is 0. The molecular formula is C21H25NO. The number of hydrogen-bond donors (Lipinski definition) is 0. The average Bonchev–Trinajstić information content (AvgIpc) is 2.62. The van der Waals surface area contributed by atoms with E-state index in [1.807, 2.05) is 0 Å². The Bertz CT molecular complexity index is 569. The summed E-state index contributed by atoms with van der Waals surface area (Å²) >= 11 is 0. The molecule has 1 aliphatic rings. The highest BCUT2D eigenvalue weighted by atomic mass is 16.2. The van der Waals surface area contributed by atoms with Crippen LogP contribution in [0.2, 0.25) is 0 Å². The van der Waals surface area contributed by atoms with Gasteiger partial charge in [0.25, 0.3) is 0 Å². The molecular weight excluding hydrogens is 282 g/mol. The third-order valence-corrected chi connectivity index (χ3v) is 4.75. The molecule has 0 unspecified atom stereocenters. The molecule has 2 nitrogen and oxygen atoms in total. The van der Waals surface area contributed by atoms with Crippen molar-refractivity contribution in [3.05, 3.63) is 71.8 Å². The molecule has 0 radical (unpaired) electrons.